The van der Waals surface area contributed by atoms with Gasteiger partial charge in [0.25, 0.3) is 5.69 Å². The Bertz CT molecular complexity index is 931. The first-order valence-electron chi connectivity index (χ1n) is 8.94. The average Bonchev–Trinajstić information content (AvgIpc) is 2.69. The lowest BCUT2D eigenvalue weighted by molar-refractivity contribution is -0.385. The lowest BCUT2D eigenvalue weighted by Crippen LogP contribution is -2.50. The number of rotatable bonds is 5. The molecule has 144 valence electrons. The van der Waals surface area contributed by atoms with Crippen LogP contribution < -0.4 is 10.6 Å². The van der Waals surface area contributed by atoms with Gasteiger partial charge < -0.3 is 10.6 Å². The normalized spacial score (nSPS) is 15.6. The fraction of sp³-hybridized carbons (Fsp3) is 0.300. The first kappa shape index (κ1) is 19.3. The number of nitrogens with two attached hydrogens (primary N) is 1. The van der Waals surface area contributed by atoms with Gasteiger partial charge in [0.05, 0.1) is 22.1 Å². The van der Waals surface area contributed by atoms with E-state index < -0.39 is 16.9 Å². The predicted octanol–water partition coefficient (Wildman–Crippen LogP) is 2.12. The van der Waals surface area contributed by atoms with E-state index in [4.69, 9.17) is 5.73 Å². The number of hydrogen-bond donors (Lipinski definition) is 1. The van der Waals surface area contributed by atoms with E-state index in [9.17, 15) is 20.2 Å². The van der Waals surface area contributed by atoms with Crippen LogP contribution in [0.5, 0.6) is 0 Å². The van der Waals surface area contributed by atoms with Gasteiger partial charge in [-0.05, 0) is 18.6 Å². The molecular formula is C20H21N5O3. The number of carbonyl (C=O) groups is 1. The number of piperazine rings is 1. The van der Waals surface area contributed by atoms with Gasteiger partial charge in [0.2, 0.25) is 5.91 Å². The van der Waals surface area contributed by atoms with Gasteiger partial charge >= 0.3 is 0 Å². The van der Waals surface area contributed by atoms with E-state index in [0.29, 0.717) is 37.4 Å². The van der Waals surface area contributed by atoms with Crippen molar-refractivity contribution >= 4 is 17.3 Å². The van der Waals surface area contributed by atoms with Crippen LogP contribution in [0, 0.1) is 28.4 Å². The molecule has 1 atom stereocenters. The molecule has 0 bridgehead atoms. The fourth-order valence-electron chi connectivity index (χ4n) is 3.68. The van der Waals surface area contributed by atoms with Crippen molar-refractivity contribution in [2.75, 3.05) is 31.1 Å². The SMILES string of the molecule is Cc1c(N2CCN(C(C(N)=O)c3ccccc3)CC2)cc(C#N)cc1[N+](=O)[O-]. The zero-order valence-corrected chi connectivity index (χ0v) is 15.5. The van der Waals surface area contributed by atoms with Gasteiger partial charge in [0.15, 0.2) is 0 Å². The number of hydrogen-bond acceptors (Lipinski definition) is 6. The predicted molar refractivity (Wildman–Crippen MR) is 105 cm³/mol. The molecule has 0 aromatic heterocycles. The van der Waals surface area contributed by atoms with Crippen LogP contribution in [0.2, 0.25) is 0 Å². The minimum atomic E-state index is -0.510. The molecule has 0 saturated carbocycles. The summed E-state index contributed by atoms with van der Waals surface area (Å²) in [4.78, 5) is 27.0. The standard InChI is InChI=1S/C20H21N5O3/c1-14-17(11-15(13-21)12-18(14)25(27)28)23-7-9-24(10-8-23)19(20(22)26)16-5-3-2-4-6-16/h2-6,11-12,19H,7-10H2,1H3,(H2,22,26). The second-order valence-electron chi connectivity index (χ2n) is 6.75. The number of nitro groups is 1. The molecule has 8 nitrogen and oxygen atoms in total. The van der Waals surface area contributed by atoms with E-state index in [0.717, 1.165) is 5.56 Å². The highest BCUT2D eigenvalue weighted by molar-refractivity contribution is 5.81. The Morgan fingerprint density at radius 2 is 1.86 bits per heavy atom. The number of amides is 1. The number of primary amides is 1. The molecule has 1 amide bonds. The maximum absolute atomic E-state index is 12.1. The van der Waals surface area contributed by atoms with E-state index in [1.165, 1.54) is 6.07 Å². The van der Waals surface area contributed by atoms with Gasteiger partial charge in [0.1, 0.15) is 6.04 Å². The second-order valence-corrected chi connectivity index (χ2v) is 6.75. The van der Waals surface area contributed by atoms with Crippen LogP contribution in [0.1, 0.15) is 22.7 Å². The number of nitrogens with zero attached hydrogens (tertiary/aromatic N) is 4. The van der Waals surface area contributed by atoms with Crippen LogP contribution in [0.4, 0.5) is 11.4 Å². The van der Waals surface area contributed by atoms with Crippen LogP contribution in [-0.2, 0) is 4.79 Å². The van der Waals surface area contributed by atoms with Gasteiger partial charge in [-0.1, -0.05) is 30.3 Å². The lowest BCUT2D eigenvalue weighted by Gasteiger charge is -2.39. The summed E-state index contributed by atoms with van der Waals surface area (Å²) in [6.07, 6.45) is 0. The lowest BCUT2D eigenvalue weighted by atomic mass is 10.0. The molecule has 1 heterocycles. The fourth-order valence-corrected chi connectivity index (χ4v) is 3.68. The van der Waals surface area contributed by atoms with Crippen molar-refractivity contribution in [3.05, 3.63) is 69.3 Å². The van der Waals surface area contributed by atoms with Gasteiger partial charge in [-0.2, -0.15) is 5.26 Å². The van der Waals surface area contributed by atoms with Crippen LogP contribution >= 0.6 is 0 Å². The van der Waals surface area contributed by atoms with Crippen LogP contribution in [0.25, 0.3) is 0 Å². The minimum Gasteiger partial charge on any atom is -0.369 e. The molecule has 3 rings (SSSR count). The summed E-state index contributed by atoms with van der Waals surface area (Å²) in [6, 6.07) is 13.9. The molecule has 2 aromatic carbocycles. The average molecular weight is 379 g/mol. The molecule has 0 aliphatic carbocycles. The highest BCUT2D eigenvalue weighted by Gasteiger charge is 2.30. The molecule has 0 radical (unpaired) electrons. The quantitative estimate of drug-likeness (QED) is 0.628. The molecule has 1 aliphatic heterocycles. The van der Waals surface area contributed by atoms with Crippen LogP contribution in [0.3, 0.4) is 0 Å². The van der Waals surface area contributed by atoms with Crippen molar-refractivity contribution in [2.24, 2.45) is 5.73 Å². The zero-order chi connectivity index (χ0) is 20.3. The van der Waals surface area contributed by atoms with E-state index in [1.807, 2.05) is 46.2 Å². The smallest absolute Gasteiger partial charge is 0.275 e. The number of nitriles is 1. The topological polar surface area (TPSA) is 116 Å². The Hall–Kier alpha value is -3.44. The van der Waals surface area contributed by atoms with Gasteiger partial charge in [0, 0.05) is 37.9 Å². The maximum atomic E-state index is 12.1. The Labute approximate surface area is 162 Å². The van der Waals surface area contributed by atoms with Crippen LogP contribution in [0.15, 0.2) is 42.5 Å². The highest BCUT2D eigenvalue weighted by Crippen LogP contribution is 2.32. The van der Waals surface area contributed by atoms with Crippen molar-refractivity contribution in [1.82, 2.24) is 4.90 Å². The van der Waals surface area contributed by atoms with Crippen molar-refractivity contribution < 1.29 is 9.72 Å². The van der Waals surface area contributed by atoms with Crippen molar-refractivity contribution in [3.63, 3.8) is 0 Å². The third-order valence-corrected chi connectivity index (χ3v) is 5.08. The maximum Gasteiger partial charge on any atom is 0.275 e. The molecule has 2 aromatic rings. The Balaban J connectivity index is 1.82. The summed E-state index contributed by atoms with van der Waals surface area (Å²) in [5, 5.41) is 20.5. The molecule has 1 fully saturated rings. The summed E-state index contributed by atoms with van der Waals surface area (Å²) < 4.78 is 0. The molecule has 1 saturated heterocycles. The molecule has 2 N–H and O–H groups in total. The number of carbonyl (C=O) groups excluding carboxylic acids is 1. The van der Waals surface area contributed by atoms with Gasteiger partial charge in [-0.15, -0.1) is 0 Å². The number of anilines is 1. The Morgan fingerprint density at radius 1 is 1.21 bits per heavy atom. The molecule has 0 spiro atoms. The zero-order valence-electron chi connectivity index (χ0n) is 15.5. The van der Waals surface area contributed by atoms with Gasteiger partial charge in [-0.25, -0.2) is 0 Å². The minimum absolute atomic E-state index is 0.0595. The third kappa shape index (κ3) is 3.80. The number of benzene rings is 2. The Morgan fingerprint density at radius 3 is 2.39 bits per heavy atom. The van der Waals surface area contributed by atoms with E-state index >= 15 is 0 Å². The highest BCUT2D eigenvalue weighted by atomic mass is 16.6. The molecule has 1 unspecified atom stereocenters. The van der Waals surface area contributed by atoms with Crippen molar-refractivity contribution in [1.29, 1.82) is 5.26 Å². The first-order valence-corrected chi connectivity index (χ1v) is 8.94. The molecule has 28 heavy (non-hydrogen) atoms. The molecule has 8 heteroatoms. The number of nitro benzene ring substituents is 1. The first-order chi connectivity index (χ1) is 13.4. The molecule has 1 aliphatic rings. The van der Waals surface area contributed by atoms with Crippen molar-refractivity contribution in [2.45, 2.75) is 13.0 Å². The largest absolute Gasteiger partial charge is 0.369 e. The third-order valence-electron chi connectivity index (χ3n) is 5.08. The monoisotopic (exact) mass is 379 g/mol. The van der Waals surface area contributed by atoms with E-state index in [-0.39, 0.29) is 11.3 Å². The summed E-state index contributed by atoms with van der Waals surface area (Å²) in [5.41, 5.74) is 7.92. The summed E-state index contributed by atoms with van der Waals surface area (Å²) in [6.45, 7) is 3.99. The summed E-state index contributed by atoms with van der Waals surface area (Å²) in [5.74, 6) is -0.405. The van der Waals surface area contributed by atoms with Crippen molar-refractivity contribution in [3.8, 4) is 6.07 Å². The Kier molecular flexibility index (Phi) is 5.57. The van der Waals surface area contributed by atoms with E-state index in [2.05, 4.69) is 0 Å². The van der Waals surface area contributed by atoms with Crippen LogP contribution in [-0.4, -0.2) is 41.9 Å². The summed E-state index contributed by atoms with van der Waals surface area (Å²) in [7, 11) is 0. The molecular weight excluding hydrogens is 358 g/mol. The summed E-state index contributed by atoms with van der Waals surface area (Å²) >= 11 is 0. The second kappa shape index (κ2) is 8.06. The van der Waals surface area contributed by atoms with Gasteiger partial charge in [-0.3, -0.25) is 19.8 Å². The van der Waals surface area contributed by atoms with E-state index in [1.54, 1.807) is 13.0 Å².